The minimum Gasteiger partial charge on any atom is -0.465 e. The van der Waals surface area contributed by atoms with E-state index in [2.05, 4.69) is 91.5 Å². The highest BCUT2D eigenvalue weighted by atomic mass is 16.5. The fourth-order valence-electron chi connectivity index (χ4n) is 3.52. The van der Waals surface area contributed by atoms with E-state index in [1.54, 1.807) is 0 Å². The number of anilines is 3. The lowest BCUT2D eigenvalue weighted by atomic mass is 9.91. The topological polar surface area (TPSA) is 29.5 Å². The molecule has 0 unspecified atom stereocenters. The van der Waals surface area contributed by atoms with E-state index in [4.69, 9.17) is 4.74 Å². The molecule has 0 radical (unpaired) electrons. The van der Waals surface area contributed by atoms with Crippen molar-refractivity contribution < 1.29 is 9.53 Å². The maximum atomic E-state index is 12.3. The lowest BCUT2D eigenvalue weighted by Gasteiger charge is -2.28. The third-order valence-electron chi connectivity index (χ3n) is 6.08. The molecule has 32 heavy (non-hydrogen) atoms. The molecule has 0 amide bonds. The molecule has 0 N–H and O–H groups in total. The smallest absolute Gasteiger partial charge is 0.311 e. The number of hydrogen-bond acceptors (Lipinski definition) is 3. The van der Waals surface area contributed by atoms with Gasteiger partial charge in [-0.2, -0.15) is 0 Å². The summed E-state index contributed by atoms with van der Waals surface area (Å²) < 4.78 is 5.56. The Balaban J connectivity index is 1.84. The molecule has 3 nitrogen and oxygen atoms in total. The number of hydrogen-bond donors (Lipinski definition) is 0. The summed E-state index contributed by atoms with van der Waals surface area (Å²) in [4.78, 5) is 14.6. The fourth-order valence-corrected chi connectivity index (χ4v) is 3.52. The second-order valence-corrected chi connectivity index (χ2v) is 9.11. The summed E-state index contributed by atoms with van der Waals surface area (Å²) in [7, 11) is 0. The molecule has 3 aromatic rings. The van der Waals surface area contributed by atoms with Crippen molar-refractivity contribution in [3.63, 3.8) is 0 Å². The molecule has 0 bridgehead atoms. The van der Waals surface area contributed by atoms with Crippen LogP contribution in [0.5, 0.6) is 0 Å². The van der Waals surface area contributed by atoms with Crippen molar-refractivity contribution in [1.82, 2.24) is 0 Å². The predicted molar refractivity (Wildman–Crippen MR) is 134 cm³/mol. The van der Waals surface area contributed by atoms with E-state index in [1.165, 1.54) is 16.7 Å². The van der Waals surface area contributed by atoms with Gasteiger partial charge in [0.25, 0.3) is 0 Å². The zero-order valence-corrected chi connectivity index (χ0v) is 20.0. The number of para-hydroxylation sites is 1. The molecule has 0 spiro atoms. The molecule has 0 aromatic heterocycles. The van der Waals surface area contributed by atoms with Gasteiger partial charge in [-0.05, 0) is 82.9 Å². The molecular weight excluding hydrogens is 394 g/mol. The Morgan fingerprint density at radius 1 is 0.844 bits per heavy atom. The van der Waals surface area contributed by atoms with Crippen molar-refractivity contribution in [2.45, 2.75) is 53.9 Å². The molecule has 0 saturated carbocycles. The van der Waals surface area contributed by atoms with Gasteiger partial charge in [0.1, 0.15) is 0 Å². The highest BCUT2D eigenvalue weighted by molar-refractivity contribution is 5.78. The van der Waals surface area contributed by atoms with Crippen LogP contribution in [0.15, 0.2) is 72.8 Å². The summed E-state index contributed by atoms with van der Waals surface area (Å²) in [5, 5.41) is 0. The van der Waals surface area contributed by atoms with Crippen molar-refractivity contribution in [1.29, 1.82) is 0 Å². The first-order valence-electron chi connectivity index (χ1n) is 11.5. The maximum Gasteiger partial charge on any atom is 0.311 e. The molecule has 3 heteroatoms. The Hall–Kier alpha value is -3.07. The number of nitrogens with zero attached hydrogens (tertiary/aromatic N) is 1. The van der Waals surface area contributed by atoms with Crippen molar-refractivity contribution in [2.24, 2.45) is 5.41 Å². The van der Waals surface area contributed by atoms with Crippen LogP contribution in [-0.4, -0.2) is 12.6 Å². The summed E-state index contributed by atoms with van der Waals surface area (Å²) in [5.74, 6) is -0.116. The van der Waals surface area contributed by atoms with Crippen molar-refractivity contribution >= 4 is 23.0 Å². The van der Waals surface area contributed by atoms with Crippen LogP contribution in [0.25, 0.3) is 0 Å². The monoisotopic (exact) mass is 429 g/mol. The van der Waals surface area contributed by atoms with Crippen LogP contribution in [0.1, 0.15) is 50.3 Å². The number of carbonyl (C=O) groups is 1. The van der Waals surface area contributed by atoms with E-state index in [0.29, 0.717) is 6.61 Å². The highest BCUT2D eigenvalue weighted by Crippen LogP contribution is 2.37. The standard InChI is InChI=1S/C29H35NO2/c1-6-29(4,5)28(31)32-21-9-11-24-10-7-8-12-27(24)30(25-17-13-22(2)14-18-25)26-19-15-23(3)16-20-26/h7-8,10,12-20H,6,9,11,21H2,1-5H3. The van der Waals surface area contributed by atoms with Gasteiger partial charge in [0.05, 0.1) is 12.0 Å². The Morgan fingerprint density at radius 3 is 1.91 bits per heavy atom. The van der Waals surface area contributed by atoms with E-state index in [-0.39, 0.29) is 5.97 Å². The first kappa shape index (κ1) is 23.6. The first-order valence-corrected chi connectivity index (χ1v) is 11.5. The van der Waals surface area contributed by atoms with E-state index < -0.39 is 5.41 Å². The quantitative estimate of drug-likeness (QED) is 0.258. The largest absolute Gasteiger partial charge is 0.465 e. The third kappa shape index (κ3) is 5.79. The number of esters is 1. The van der Waals surface area contributed by atoms with Gasteiger partial charge < -0.3 is 9.64 Å². The van der Waals surface area contributed by atoms with Crippen LogP contribution in [0, 0.1) is 19.3 Å². The lowest BCUT2D eigenvalue weighted by molar-refractivity contribution is -0.154. The SMILES string of the molecule is CCC(C)(C)C(=O)OCCCc1ccccc1N(c1ccc(C)cc1)c1ccc(C)cc1. The molecule has 0 heterocycles. The average molecular weight is 430 g/mol. The Bertz CT molecular complexity index is 974. The summed E-state index contributed by atoms with van der Waals surface area (Å²) in [6, 6.07) is 25.8. The second-order valence-electron chi connectivity index (χ2n) is 9.11. The zero-order valence-electron chi connectivity index (χ0n) is 20.0. The van der Waals surface area contributed by atoms with Crippen LogP contribution in [0.3, 0.4) is 0 Å². The molecular formula is C29H35NO2. The number of aryl methyl sites for hydroxylation is 3. The molecule has 0 atom stereocenters. The molecule has 168 valence electrons. The van der Waals surface area contributed by atoms with Gasteiger partial charge in [-0.1, -0.05) is 60.5 Å². The Morgan fingerprint density at radius 2 is 1.38 bits per heavy atom. The first-order chi connectivity index (χ1) is 15.3. The summed E-state index contributed by atoms with van der Waals surface area (Å²) in [6.45, 7) is 10.5. The highest BCUT2D eigenvalue weighted by Gasteiger charge is 2.26. The second kappa shape index (κ2) is 10.5. The minimum absolute atomic E-state index is 0.116. The van der Waals surface area contributed by atoms with Crippen molar-refractivity contribution in [3.8, 4) is 0 Å². The molecule has 0 fully saturated rings. The maximum absolute atomic E-state index is 12.3. The predicted octanol–water partition coefficient (Wildman–Crippen LogP) is 7.69. The number of rotatable bonds is 9. The van der Waals surface area contributed by atoms with Gasteiger partial charge in [-0.15, -0.1) is 0 Å². The molecule has 0 aliphatic heterocycles. The molecule has 0 aliphatic carbocycles. The molecule has 3 aromatic carbocycles. The minimum atomic E-state index is -0.425. The fraction of sp³-hybridized carbons (Fsp3) is 0.345. The average Bonchev–Trinajstić information content (AvgIpc) is 2.80. The van der Waals surface area contributed by atoms with Crippen molar-refractivity contribution in [3.05, 3.63) is 89.5 Å². The molecule has 0 aliphatic rings. The molecule has 0 saturated heterocycles. The number of benzene rings is 3. The number of carbonyl (C=O) groups excluding carboxylic acids is 1. The number of ether oxygens (including phenoxy) is 1. The van der Waals surface area contributed by atoms with E-state index in [9.17, 15) is 4.79 Å². The Labute approximate surface area is 193 Å². The van der Waals surface area contributed by atoms with Crippen LogP contribution in [0.2, 0.25) is 0 Å². The van der Waals surface area contributed by atoms with Crippen LogP contribution >= 0.6 is 0 Å². The van der Waals surface area contributed by atoms with Gasteiger partial charge in [0.15, 0.2) is 0 Å². The van der Waals surface area contributed by atoms with E-state index in [1.807, 2.05) is 20.8 Å². The van der Waals surface area contributed by atoms with E-state index >= 15 is 0 Å². The normalized spacial score (nSPS) is 11.3. The van der Waals surface area contributed by atoms with E-state index in [0.717, 1.165) is 36.3 Å². The third-order valence-corrected chi connectivity index (χ3v) is 6.08. The summed E-state index contributed by atoms with van der Waals surface area (Å²) in [5.41, 5.74) is 6.70. The zero-order chi connectivity index (χ0) is 23.1. The van der Waals surface area contributed by atoms with Crippen LogP contribution < -0.4 is 4.90 Å². The molecule has 3 rings (SSSR count). The summed E-state index contributed by atoms with van der Waals surface area (Å²) >= 11 is 0. The van der Waals surface area contributed by atoms with Gasteiger partial charge in [-0.25, -0.2) is 0 Å². The van der Waals surface area contributed by atoms with Gasteiger partial charge >= 0.3 is 5.97 Å². The van der Waals surface area contributed by atoms with Crippen molar-refractivity contribution in [2.75, 3.05) is 11.5 Å². The summed E-state index contributed by atoms with van der Waals surface area (Å²) in [6.07, 6.45) is 2.40. The van der Waals surface area contributed by atoms with Gasteiger partial charge in [0, 0.05) is 17.1 Å². The van der Waals surface area contributed by atoms with Gasteiger partial charge in [0.2, 0.25) is 0 Å². The van der Waals surface area contributed by atoms with Gasteiger partial charge in [-0.3, -0.25) is 4.79 Å². The Kier molecular flexibility index (Phi) is 7.74. The van der Waals surface area contributed by atoms with Crippen LogP contribution in [0.4, 0.5) is 17.1 Å². The lowest BCUT2D eigenvalue weighted by Crippen LogP contribution is -2.26. The van der Waals surface area contributed by atoms with Crippen LogP contribution in [-0.2, 0) is 16.0 Å².